The van der Waals surface area contributed by atoms with Gasteiger partial charge in [0.2, 0.25) is 0 Å². The van der Waals surface area contributed by atoms with E-state index in [4.69, 9.17) is 5.26 Å². The molecule has 0 radical (unpaired) electrons. The molecule has 18 heavy (non-hydrogen) atoms. The van der Waals surface area contributed by atoms with Crippen molar-refractivity contribution in [2.45, 2.75) is 19.9 Å². The molecule has 0 spiro atoms. The van der Waals surface area contributed by atoms with Crippen molar-refractivity contribution in [2.75, 3.05) is 32.7 Å². The van der Waals surface area contributed by atoms with Crippen LogP contribution in [-0.4, -0.2) is 47.5 Å². The number of aromatic nitrogens is 1. The summed E-state index contributed by atoms with van der Waals surface area (Å²) in [5.74, 6) is 0. The SMILES string of the molecule is CCCN1CCN(Cc2cccnc2C#N)CC1. The Balaban J connectivity index is 1.90. The fraction of sp³-hybridized carbons (Fsp3) is 0.571. The molecule has 96 valence electrons. The molecule has 0 amide bonds. The molecule has 4 heteroatoms. The van der Waals surface area contributed by atoms with Gasteiger partial charge in [-0.2, -0.15) is 5.26 Å². The third-order valence-corrected chi connectivity index (χ3v) is 3.40. The number of nitriles is 1. The molecule has 2 rings (SSSR count). The monoisotopic (exact) mass is 244 g/mol. The van der Waals surface area contributed by atoms with E-state index in [9.17, 15) is 0 Å². The highest BCUT2D eigenvalue weighted by Gasteiger charge is 2.17. The first-order chi connectivity index (χ1) is 8.83. The molecule has 0 aromatic carbocycles. The van der Waals surface area contributed by atoms with Crippen LogP contribution in [0.2, 0.25) is 0 Å². The van der Waals surface area contributed by atoms with Gasteiger partial charge in [-0.3, -0.25) is 4.90 Å². The fourth-order valence-corrected chi connectivity index (χ4v) is 2.40. The van der Waals surface area contributed by atoms with Crippen LogP contribution in [0.3, 0.4) is 0 Å². The van der Waals surface area contributed by atoms with E-state index in [1.165, 1.54) is 13.0 Å². The highest BCUT2D eigenvalue weighted by Crippen LogP contribution is 2.11. The van der Waals surface area contributed by atoms with Crippen LogP contribution in [0.5, 0.6) is 0 Å². The zero-order valence-corrected chi connectivity index (χ0v) is 11.0. The summed E-state index contributed by atoms with van der Waals surface area (Å²) >= 11 is 0. The minimum atomic E-state index is 0.563. The van der Waals surface area contributed by atoms with Gasteiger partial charge in [0.1, 0.15) is 11.8 Å². The lowest BCUT2D eigenvalue weighted by atomic mass is 10.1. The first kappa shape index (κ1) is 13.0. The van der Waals surface area contributed by atoms with E-state index in [-0.39, 0.29) is 0 Å². The molecule has 0 atom stereocenters. The summed E-state index contributed by atoms with van der Waals surface area (Å²) in [7, 11) is 0. The molecule has 0 aliphatic carbocycles. The first-order valence-electron chi connectivity index (χ1n) is 6.62. The lowest BCUT2D eigenvalue weighted by Crippen LogP contribution is -2.46. The number of pyridine rings is 1. The van der Waals surface area contributed by atoms with Gasteiger partial charge >= 0.3 is 0 Å². The standard InChI is InChI=1S/C14H20N4/c1-2-6-17-7-9-18(10-8-17)12-13-4-3-5-16-14(13)11-15/h3-5H,2,6-10,12H2,1H3. The Morgan fingerprint density at radius 1 is 1.28 bits per heavy atom. The Hall–Kier alpha value is -1.44. The van der Waals surface area contributed by atoms with E-state index in [2.05, 4.69) is 27.8 Å². The first-order valence-corrected chi connectivity index (χ1v) is 6.62. The van der Waals surface area contributed by atoms with Gasteiger partial charge in [0.15, 0.2) is 0 Å². The van der Waals surface area contributed by atoms with Crippen LogP contribution >= 0.6 is 0 Å². The van der Waals surface area contributed by atoms with Gasteiger partial charge in [-0.05, 0) is 19.0 Å². The van der Waals surface area contributed by atoms with E-state index < -0.39 is 0 Å². The quantitative estimate of drug-likeness (QED) is 0.804. The Morgan fingerprint density at radius 2 is 2.00 bits per heavy atom. The van der Waals surface area contributed by atoms with E-state index in [1.54, 1.807) is 6.20 Å². The number of hydrogen-bond acceptors (Lipinski definition) is 4. The minimum absolute atomic E-state index is 0.563. The summed E-state index contributed by atoms with van der Waals surface area (Å²) in [5, 5.41) is 9.02. The molecule has 0 bridgehead atoms. The summed E-state index contributed by atoms with van der Waals surface area (Å²) in [6.07, 6.45) is 2.91. The van der Waals surface area contributed by atoms with E-state index in [1.807, 2.05) is 12.1 Å². The molecule has 1 aliphatic heterocycles. The minimum Gasteiger partial charge on any atom is -0.301 e. The predicted molar refractivity (Wildman–Crippen MR) is 71.0 cm³/mol. The molecule has 2 heterocycles. The van der Waals surface area contributed by atoms with Gasteiger partial charge in [0, 0.05) is 44.5 Å². The van der Waals surface area contributed by atoms with Crippen LogP contribution in [0.15, 0.2) is 18.3 Å². The van der Waals surface area contributed by atoms with Crippen LogP contribution in [0, 0.1) is 11.3 Å². The van der Waals surface area contributed by atoms with Gasteiger partial charge in [-0.15, -0.1) is 0 Å². The van der Waals surface area contributed by atoms with Gasteiger partial charge in [-0.25, -0.2) is 4.98 Å². The van der Waals surface area contributed by atoms with Crippen molar-refractivity contribution < 1.29 is 0 Å². The van der Waals surface area contributed by atoms with E-state index >= 15 is 0 Å². The molecule has 1 fully saturated rings. The maximum Gasteiger partial charge on any atom is 0.144 e. The summed E-state index contributed by atoms with van der Waals surface area (Å²) < 4.78 is 0. The van der Waals surface area contributed by atoms with Gasteiger partial charge in [0.25, 0.3) is 0 Å². The molecular formula is C14H20N4. The highest BCUT2D eigenvalue weighted by molar-refractivity contribution is 5.30. The summed E-state index contributed by atoms with van der Waals surface area (Å²) in [6.45, 7) is 8.70. The van der Waals surface area contributed by atoms with Crippen molar-refractivity contribution in [3.63, 3.8) is 0 Å². The summed E-state index contributed by atoms with van der Waals surface area (Å²) in [5.41, 5.74) is 1.61. The average molecular weight is 244 g/mol. The largest absolute Gasteiger partial charge is 0.301 e. The van der Waals surface area contributed by atoms with Crippen molar-refractivity contribution in [2.24, 2.45) is 0 Å². The van der Waals surface area contributed by atoms with Gasteiger partial charge in [0.05, 0.1) is 0 Å². The lowest BCUT2D eigenvalue weighted by Gasteiger charge is -2.34. The van der Waals surface area contributed by atoms with Crippen molar-refractivity contribution in [1.82, 2.24) is 14.8 Å². The van der Waals surface area contributed by atoms with Crippen molar-refractivity contribution in [3.8, 4) is 6.07 Å². The van der Waals surface area contributed by atoms with Crippen LogP contribution < -0.4 is 0 Å². The molecule has 1 aliphatic rings. The van der Waals surface area contributed by atoms with Crippen LogP contribution in [-0.2, 0) is 6.54 Å². The topological polar surface area (TPSA) is 43.2 Å². The molecule has 1 aromatic rings. The Bertz CT molecular complexity index is 416. The summed E-state index contributed by atoms with van der Waals surface area (Å²) in [6, 6.07) is 6.08. The van der Waals surface area contributed by atoms with E-state index in [0.29, 0.717) is 5.69 Å². The average Bonchev–Trinajstić information content (AvgIpc) is 2.42. The number of rotatable bonds is 4. The molecular weight excluding hydrogens is 224 g/mol. The van der Waals surface area contributed by atoms with Crippen LogP contribution in [0.25, 0.3) is 0 Å². The maximum atomic E-state index is 9.02. The highest BCUT2D eigenvalue weighted by atomic mass is 15.3. The summed E-state index contributed by atoms with van der Waals surface area (Å²) in [4.78, 5) is 9.02. The third-order valence-electron chi connectivity index (χ3n) is 3.40. The van der Waals surface area contributed by atoms with Crippen molar-refractivity contribution in [1.29, 1.82) is 5.26 Å². The Morgan fingerprint density at radius 3 is 2.67 bits per heavy atom. The molecule has 0 unspecified atom stereocenters. The van der Waals surface area contributed by atoms with Gasteiger partial charge < -0.3 is 4.90 Å². The second-order valence-electron chi connectivity index (χ2n) is 4.74. The van der Waals surface area contributed by atoms with Crippen LogP contribution in [0.1, 0.15) is 24.6 Å². The van der Waals surface area contributed by atoms with Crippen molar-refractivity contribution in [3.05, 3.63) is 29.6 Å². The third kappa shape index (κ3) is 3.28. The number of hydrogen-bond donors (Lipinski definition) is 0. The molecule has 0 saturated carbocycles. The second-order valence-corrected chi connectivity index (χ2v) is 4.74. The maximum absolute atomic E-state index is 9.02. The molecule has 0 N–H and O–H groups in total. The van der Waals surface area contributed by atoms with Gasteiger partial charge in [-0.1, -0.05) is 13.0 Å². The fourth-order valence-electron chi connectivity index (χ4n) is 2.40. The number of piperazine rings is 1. The smallest absolute Gasteiger partial charge is 0.144 e. The second kappa shape index (κ2) is 6.48. The van der Waals surface area contributed by atoms with Crippen LogP contribution in [0.4, 0.5) is 0 Å². The predicted octanol–water partition coefficient (Wildman–Crippen LogP) is 1.48. The lowest BCUT2D eigenvalue weighted by molar-refractivity contribution is 0.127. The molecule has 4 nitrogen and oxygen atoms in total. The zero-order valence-electron chi connectivity index (χ0n) is 11.0. The Labute approximate surface area is 109 Å². The Kier molecular flexibility index (Phi) is 4.68. The molecule has 1 saturated heterocycles. The van der Waals surface area contributed by atoms with Crippen molar-refractivity contribution >= 4 is 0 Å². The zero-order chi connectivity index (χ0) is 12.8. The molecule has 1 aromatic heterocycles. The normalized spacial score (nSPS) is 17.6. The van der Waals surface area contributed by atoms with E-state index in [0.717, 1.165) is 38.3 Å². The number of nitrogens with zero attached hydrogens (tertiary/aromatic N) is 4.